The molecule has 2 unspecified atom stereocenters. The van der Waals surface area contributed by atoms with Gasteiger partial charge in [0, 0.05) is 44.8 Å². The minimum absolute atomic E-state index is 0.159. The van der Waals surface area contributed by atoms with Crippen LogP contribution in [0.2, 0.25) is 0 Å². The number of carbonyl (C=O) groups is 2. The standard InChI is InChI=1S/C23H40N4O4/c1-2-31-23(29)26-10-3-5-20(9-14-26)24-12-7-19(8-13-24)21-6-4-11-27(21)22(28)25-15-17-30-18-16-25/h19-21H,2-18H2,1H3. The maximum Gasteiger partial charge on any atom is 0.409 e. The monoisotopic (exact) mass is 436 g/mol. The number of amides is 3. The number of hydrogen-bond acceptors (Lipinski definition) is 5. The van der Waals surface area contributed by atoms with Crippen LogP contribution in [0.1, 0.15) is 51.9 Å². The number of nitrogens with zero attached hydrogens (tertiary/aromatic N) is 4. The van der Waals surface area contributed by atoms with Crippen molar-refractivity contribution in [2.24, 2.45) is 5.92 Å². The van der Waals surface area contributed by atoms with Crippen LogP contribution in [0, 0.1) is 5.92 Å². The van der Waals surface area contributed by atoms with E-state index in [1.54, 1.807) is 0 Å². The molecule has 0 aliphatic carbocycles. The summed E-state index contributed by atoms with van der Waals surface area (Å²) in [5, 5.41) is 0. The van der Waals surface area contributed by atoms with Crippen molar-refractivity contribution in [2.45, 2.75) is 64.0 Å². The third-order valence-electron chi connectivity index (χ3n) is 7.68. The molecule has 0 spiro atoms. The Morgan fingerprint density at radius 1 is 0.839 bits per heavy atom. The second kappa shape index (κ2) is 10.9. The average molecular weight is 437 g/mol. The van der Waals surface area contributed by atoms with Crippen molar-refractivity contribution < 1.29 is 19.1 Å². The van der Waals surface area contributed by atoms with E-state index in [2.05, 4.69) is 9.80 Å². The fourth-order valence-corrected chi connectivity index (χ4v) is 5.97. The van der Waals surface area contributed by atoms with E-state index < -0.39 is 0 Å². The molecule has 0 aromatic carbocycles. The van der Waals surface area contributed by atoms with Gasteiger partial charge in [0.25, 0.3) is 0 Å². The highest BCUT2D eigenvalue weighted by atomic mass is 16.6. The van der Waals surface area contributed by atoms with Crippen LogP contribution in [-0.4, -0.2) is 109 Å². The number of piperidine rings is 1. The molecule has 4 aliphatic rings. The molecule has 8 nitrogen and oxygen atoms in total. The van der Waals surface area contributed by atoms with Crippen LogP contribution in [0.3, 0.4) is 0 Å². The quantitative estimate of drug-likeness (QED) is 0.681. The maximum absolute atomic E-state index is 13.1. The van der Waals surface area contributed by atoms with E-state index in [4.69, 9.17) is 9.47 Å². The van der Waals surface area contributed by atoms with Crippen LogP contribution >= 0.6 is 0 Å². The fourth-order valence-electron chi connectivity index (χ4n) is 5.97. The van der Waals surface area contributed by atoms with E-state index >= 15 is 0 Å². The van der Waals surface area contributed by atoms with Gasteiger partial charge < -0.3 is 29.1 Å². The van der Waals surface area contributed by atoms with Gasteiger partial charge in [-0.25, -0.2) is 9.59 Å². The zero-order valence-electron chi connectivity index (χ0n) is 19.2. The Kier molecular flexibility index (Phi) is 7.93. The van der Waals surface area contributed by atoms with Gasteiger partial charge in [0.15, 0.2) is 0 Å². The van der Waals surface area contributed by atoms with Gasteiger partial charge in [-0.2, -0.15) is 0 Å². The summed E-state index contributed by atoms with van der Waals surface area (Å²) < 4.78 is 10.6. The van der Waals surface area contributed by atoms with E-state index in [9.17, 15) is 9.59 Å². The van der Waals surface area contributed by atoms with Gasteiger partial charge in [-0.3, -0.25) is 0 Å². The molecule has 0 aromatic rings. The Hall–Kier alpha value is -1.54. The molecular weight excluding hydrogens is 396 g/mol. The van der Waals surface area contributed by atoms with Crippen molar-refractivity contribution >= 4 is 12.1 Å². The van der Waals surface area contributed by atoms with Crippen LogP contribution in [-0.2, 0) is 9.47 Å². The van der Waals surface area contributed by atoms with E-state index in [-0.39, 0.29) is 12.1 Å². The van der Waals surface area contributed by atoms with Crippen molar-refractivity contribution in [3.63, 3.8) is 0 Å². The zero-order valence-corrected chi connectivity index (χ0v) is 19.2. The lowest BCUT2D eigenvalue weighted by Crippen LogP contribution is -2.52. The summed E-state index contributed by atoms with van der Waals surface area (Å²) in [6.07, 6.45) is 7.72. The summed E-state index contributed by atoms with van der Waals surface area (Å²) in [4.78, 5) is 33.8. The number of morpholine rings is 1. The first-order valence-electron chi connectivity index (χ1n) is 12.5. The van der Waals surface area contributed by atoms with E-state index in [1.165, 1.54) is 12.8 Å². The van der Waals surface area contributed by atoms with Gasteiger partial charge in [0.05, 0.1) is 19.8 Å². The summed E-state index contributed by atoms with van der Waals surface area (Å²) in [5.74, 6) is 0.616. The summed E-state index contributed by atoms with van der Waals surface area (Å²) in [6.45, 7) is 9.84. The molecule has 8 heteroatoms. The normalized spacial score (nSPS) is 29.1. The van der Waals surface area contributed by atoms with Crippen LogP contribution in [0.25, 0.3) is 0 Å². The smallest absolute Gasteiger partial charge is 0.409 e. The maximum atomic E-state index is 13.1. The highest BCUT2D eigenvalue weighted by Gasteiger charge is 2.39. The SMILES string of the molecule is CCOC(=O)N1CCCC(N2CCC(C3CCCN3C(=O)N3CCOCC3)CC2)CC1. The van der Waals surface area contributed by atoms with Crippen LogP contribution in [0.5, 0.6) is 0 Å². The number of carbonyl (C=O) groups excluding carboxylic acids is 2. The van der Waals surface area contributed by atoms with Crippen molar-refractivity contribution in [1.29, 1.82) is 0 Å². The van der Waals surface area contributed by atoms with Gasteiger partial charge in [-0.15, -0.1) is 0 Å². The Morgan fingerprint density at radius 3 is 2.32 bits per heavy atom. The minimum atomic E-state index is -0.159. The molecule has 4 heterocycles. The summed E-state index contributed by atoms with van der Waals surface area (Å²) >= 11 is 0. The summed E-state index contributed by atoms with van der Waals surface area (Å²) in [7, 11) is 0. The molecule has 176 valence electrons. The molecule has 0 radical (unpaired) electrons. The molecule has 0 aromatic heterocycles. The lowest BCUT2D eigenvalue weighted by molar-refractivity contribution is 0.0352. The second-order valence-electron chi connectivity index (χ2n) is 9.43. The van der Waals surface area contributed by atoms with E-state index in [0.717, 1.165) is 77.9 Å². The Balaban J connectivity index is 1.26. The average Bonchev–Trinajstić information content (AvgIpc) is 3.17. The van der Waals surface area contributed by atoms with Crippen LogP contribution < -0.4 is 0 Å². The topological polar surface area (TPSA) is 65.6 Å². The summed E-state index contributed by atoms with van der Waals surface area (Å²) in [5.41, 5.74) is 0. The predicted molar refractivity (Wildman–Crippen MR) is 118 cm³/mol. The number of ether oxygens (including phenoxy) is 2. The fraction of sp³-hybridized carbons (Fsp3) is 0.913. The highest BCUT2D eigenvalue weighted by molar-refractivity contribution is 5.75. The van der Waals surface area contributed by atoms with Crippen LogP contribution in [0.4, 0.5) is 9.59 Å². The zero-order chi connectivity index (χ0) is 21.6. The number of likely N-dealkylation sites (tertiary alicyclic amines) is 3. The second-order valence-corrected chi connectivity index (χ2v) is 9.43. The number of rotatable bonds is 3. The Labute approximate surface area is 186 Å². The Bertz CT molecular complexity index is 604. The molecule has 0 bridgehead atoms. The van der Waals surface area contributed by atoms with Gasteiger partial charge in [0.2, 0.25) is 0 Å². The number of urea groups is 1. The first kappa shape index (κ1) is 22.6. The van der Waals surface area contributed by atoms with Gasteiger partial charge >= 0.3 is 12.1 Å². The third kappa shape index (κ3) is 5.45. The highest BCUT2D eigenvalue weighted by Crippen LogP contribution is 2.33. The molecule has 4 rings (SSSR count). The van der Waals surface area contributed by atoms with Crippen molar-refractivity contribution in [3.8, 4) is 0 Å². The van der Waals surface area contributed by atoms with Gasteiger partial charge in [0.1, 0.15) is 0 Å². The molecule has 0 N–H and O–H groups in total. The van der Waals surface area contributed by atoms with Gasteiger partial charge in [-0.1, -0.05) is 0 Å². The van der Waals surface area contributed by atoms with Crippen LogP contribution in [0.15, 0.2) is 0 Å². The van der Waals surface area contributed by atoms with E-state index in [1.807, 2.05) is 16.7 Å². The lowest BCUT2D eigenvalue weighted by atomic mass is 9.87. The third-order valence-corrected chi connectivity index (χ3v) is 7.68. The molecular formula is C23H40N4O4. The van der Waals surface area contributed by atoms with E-state index in [0.29, 0.717) is 37.8 Å². The van der Waals surface area contributed by atoms with Gasteiger partial charge in [-0.05, 0) is 70.9 Å². The molecule has 0 saturated carbocycles. The summed E-state index contributed by atoms with van der Waals surface area (Å²) in [6, 6.07) is 1.21. The van der Waals surface area contributed by atoms with Crippen molar-refractivity contribution in [2.75, 3.05) is 65.6 Å². The molecule has 4 aliphatic heterocycles. The van der Waals surface area contributed by atoms with Crippen molar-refractivity contribution in [1.82, 2.24) is 19.6 Å². The first-order valence-corrected chi connectivity index (χ1v) is 12.5. The molecule has 2 atom stereocenters. The largest absolute Gasteiger partial charge is 0.450 e. The predicted octanol–water partition coefficient (Wildman–Crippen LogP) is 2.63. The molecule has 4 fully saturated rings. The van der Waals surface area contributed by atoms with Crippen molar-refractivity contribution in [3.05, 3.63) is 0 Å². The molecule has 4 saturated heterocycles. The first-order chi connectivity index (χ1) is 15.2. The molecule has 31 heavy (non-hydrogen) atoms. The minimum Gasteiger partial charge on any atom is -0.450 e. The Morgan fingerprint density at radius 2 is 1.58 bits per heavy atom. The molecule has 3 amide bonds. The lowest BCUT2D eigenvalue weighted by Gasteiger charge is -2.42. The number of hydrogen-bond donors (Lipinski definition) is 0.